The fraction of sp³-hybridized carbons (Fsp3) is 0.170. The van der Waals surface area contributed by atoms with Crippen LogP contribution in [0.1, 0.15) is 47.6 Å². The zero-order valence-electron chi connectivity index (χ0n) is 30.3. The number of hydrogen-bond acceptors (Lipinski definition) is 6. The topological polar surface area (TPSA) is 87.0 Å². The van der Waals surface area contributed by atoms with Crippen molar-refractivity contribution in [1.82, 2.24) is 20.2 Å². The summed E-state index contributed by atoms with van der Waals surface area (Å²) in [5, 5.41) is 14.7. The molecule has 1 atom stereocenters. The smallest absolute Gasteiger partial charge is 0.205 e. The molecule has 7 nitrogen and oxygen atoms in total. The third kappa shape index (κ3) is 7.72. The Morgan fingerprint density at radius 2 is 1.17 bits per heavy atom. The van der Waals surface area contributed by atoms with E-state index in [1.165, 1.54) is 0 Å². The zero-order valence-corrected chi connectivity index (χ0v) is 30.3. The highest BCUT2D eigenvalue weighted by atomic mass is 16.5. The molecule has 7 heteroatoms. The summed E-state index contributed by atoms with van der Waals surface area (Å²) < 4.78 is 5.81. The van der Waals surface area contributed by atoms with Gasteiger partial charge in [0, 0.05) is 18.4 Å². The molecular formula is C47H42N4O3. The molecule has 0 aliphatic carbocycles. The van der Waals surface area contributed by atoms with E-state index in [9.17, 15) is 9.59 Å². The van der Waals surface area contributed by atoms with Gasteiger partial charge in [-0.2, -0.15) is 0 Å². The highest BCUT2D eigenvalue weighted by molar-refractivity contribution is 6.02. The van der Waals surface area contributed by atoms with E-state index in [2.05, 4.69) is 36.4 Å². The van der Waals surface area contributed by atoms with E-state index in [1.54, 1.807) is 11.7 Å². The first-order valence-electron chi connectivity index (χ1n) is 18.4. The molecule has 0 saturated carbocycles. The molecule has 0 amide bonds. The summed E-state index contributed by atoms with van der Waals surface area (Å²) >= 11 is 0. The Hall–Kier alpha value is -6.31. The lowest BCUT2D eigenvalue weighted by Crippen LogP contribution is -2.39. The van der Waals surface area contributed by atoms with E-state index in [4.69, 9.17) is 20.1 Å². The summed E-state index contributed by atoms with van der Waals surface area (Å²) in [6, 6.07) is 56.6. The molecule has 0 fully saturated rings. The first-order chi connectivity index (χ1) is 26.6. The molecule has 6 aromatic carbocycles. The van der Waals surface area contributed by atoms with E-state index in [1.807, 2.05) is 133 Å². The Balaban J connectivity index is 1.27. The standard InChI is InChI=1S/C47H42N4O3/c1-2-44(52)43(45(53)30-31-54-34-35-18-8-3-9-19-35)33-36-28-29-41(37-20-10-4-11-21-37)42(32-36)46-48-50-51(49-46)47(38-22-12-5-13-23-38,39-24-14-6-15-25-39)40-26-16-7-17-27-40/h3-29,32,43H,2,30-31,33-34H2,1H3. The van der Waals surface area contributed by atoms with Crippen molar-refractivity contribution in [2.24, 2.45) is 5.92 Å². The van der Waals surface area contributed by atoms with Gasteiger partial charge in [-0.3, -0.25) is 9.59 Å². The minimum atomic E-state index is -0.937. The number of nitrogens with zero attached hydrogens (tertiary/aromatic N) is 4. The molecule has 0 saturated heterocycles. The van der Waals surface area contributed by atoms with Crippen molar-refractivity contribution in [2.45, 2.75) is 38.3 Å². The van der Waals surface area contributed by atoms with Crippen LogP contribution < -0.4 is 0 Å². The number of benzene rings is 6. The summed E-state index contributed by atoms with van der Waals surface area (Å²) in [6.07, 6.45) is 0.698. The van der Waals surface area contributed by atoms with Gasteiger partial charge in [-0.15, -0.1) is 15.0 Å². The quantitative estimate of drug-likeness (QED) is 0.0565. The van der Waals surface area contributed by atoms with Gasteiger partial charge in [-0.25, -0.2) is 0 Å². The van der Waals surface area contributed by atoms with Gasteiger partial charge in [0.1, 0.15) is 11.6 Å². The molecule has 1 unspecified atom stereocenters. The van der Waals surface area contributed by atoms with Crippen molar-refractivity contribution < 1.29 is 14.3 Å². The van der Waals surface area contributed by atoms with Gasteiger partial charge in [0.25, 0.3) is 0 Å². The van der Waals surface area contributed by atoms with Gasteiger partial charge in [-0.05, 0) is 56.6 Å². The molecule has 7 aromatic rings. The molecule has 0 spiro atoms. The predicted molar refractivity (Wildman–Crippen MR) is 212 cm³/mol. The lowest BCUT2D eigenvalue weighted by atomic mass is 9.77. The predicted octanol–water partition coefficient (Wildman–Crippen LogP) is 9.16. The molecule has 268 valence electrons. The van der Waals surface area contributed by atoms with E-state index in [-0.39, 0.29) is 37.4 Å². The summed E-state index contributed by atoms with van der Waals surface area (Å²) in [6.45, 7) is 2.47. The molecular weight excluding hydrogens is 669 g/mol. The van der Waals surface area contributed by atoms with E-state index in [0.29, 0.717) is 12.4 Å². The van der Waals surface area contributed by atoms with Crippen LogP contribution in [0.4, 0.5) is 0 Å². The van der Waals surface area contributed by atoms with E-state index < -0.39 is 11.5 Å². The first kappa shape index (κ1) is 36.1. The van der Waals surface area contributed by atoms with Crippen molar-refractivity contribution in [1.29, 1.82) is 0 Å². The zero-order chi connectivity index (χ0) is 37.2. The Kier molecular flexibility index (Phi) is 11.4. The largest absolute Gasteiger partial charge is 0.376 e. The number of aromatic nitrogens is 4. The molecule has 0 bridgehead atoms. The van der Waals surface area contributed by atoms with Gasteiger partial charge in [-0.1, -0.05) is 171 Å². The molecule has 0 aliphatic rings. The minimum Gasteiger partial charge on any atom is -0.376 e. The van der Waals surface area contributed by atoms with Crippen molar-refractivity contribution in [3.63, 3.8) is 0 Å². The lowest BCUT2D eigenvalue weighted by molar-refractivity contribution is -0.133. The maximum absolute atomic E-state index is 13.6. The Morgan fingerprint density at radius 1 is 0.630 bits per heavy atom. The fourth-order valence-corrected chi connectivity index (χ4v) is 7.12. The normalized spacial score (nSPS) is 11.9. The summed E-state index contributed by atoms with van der Waals surface area (Å²) in [5.41, 5.74) is 6.55. The van der Waals surface area contributed by atoms with Crippen molar-refractivity contribution in [3.8, 4) is 22.5 Å². The van der Waals surface area contributed by atoms with Crippen LogP contribution >= 0.6 is 0 Å². The van der Waals surface area contributed by atoms with Gasteiger partial charge in [0.15, 0.2) is 5.54 Å². The number of Topliss-reactive ketones (excluding diaryl/α,β-unsaturated/α-hetero) is 2. The van der Waals surface area contributed by atoms with Crippen molar-refractivity contribution in [3.05, 3.63) is 198 Å². The second kappa shape index (κ2) is 17.0. The number of tetrazole rings is 1. The second-order valence-electron chi connectivity index (χ2n) is 13.3. The third-order valence-electron chi connectivity index (χ3n) is 9.87. The molecule has 0 N–H and O–H groups in total. The van der Waals surface area contributed by atoms with Crippen LogP contribution in [-0.4, -0.2) is 38.4 Å². The summed E-state index contributed by atoms with van der Waals surface area (Å²) in [5.74, 6) is -0.552. The average molecular weight is 711 g/mol. The average Bonchev–Trinajstić information content (AvgIpc) is 3.74. The Morgan fingerprint density at radius 3 is 1.72 bits per heavy atom. The monoisotopic (exact) mass is 710 g/mol. The first-order valence-corrected chi connectivity index (χ1v) is 18.4. The molecule has 1 heterocycles. The van der Waals surface area contributed by atoms with Crippen LogP contribution in [0.25, 0.3) is 22.5 Å². The molecule has 0 radical (unpaired) electrons. The lowest BCUT2D eigenvalue weighted by Gasteiger charge is -2.34. The van der Waals surface area contributed by atoms with Crippen molar-refractivity contribution >= 4 is 11.6 Å². The minimum absolute atomic E-state index is 0.0841. The number of hydrogen-bond donors (Lipinski definition) is 0. The van der Waals surface area contributed by atoms with Gasteiger partial charge < -0.3 is 4.74 Å². The van der Waals surface area contributed by atoms with Crippen LogP contribution in [0.5, 0.6) is 0 Å². The highest BCUT2D eigenvalue weighted by Crippen LogP contribution is 2.40. The van der Waals surface area contributed by atoms with Crippen LogP contribution in [0.15, 0.2) is 170 Å². The van der Waals surface area contributed by atoms with Gasteiger partial charge in [0.2, 0.25) is 5.82 Å². The van der Waals surface area contributed by atoms with E-state index >= 15 is 0 Å². The maximum Gasteiger partial charge on any atom is 0.205 e. The maximum atomic E-state index is 13.6. The number of carbonyl (C=O) groups is 2. The van der Waals surface area contributed by atoms with Crippen molar-refractivity contribution in [2.75, 3.05) is 6.61 Å². The van der Waals surface area contributed by atoms with Crippen LogP contribution in [0.3, 0.4) is 0 Å². The Labute approximate surface area is 316 Å². The molecule has 0 aliphatic heterocycles. The second-order valence-corrected chi connectivity index (χ2v) is 13.3. The van der Waals surface area contributed by atoms with Gasteiger partial charge in [0.05, 0.1) is 19.1 Å². The number of rotatable bonds is 16. The fourth-order valence-electron chi connectivity index (χ4n) is 7.12. The number of ether oxygens (including phenoxy) is 1. The van der Waals surface area contributed by atoms with E-state index in [0.717, 1.165) is 44.5 Å². The van der Waals surface area contributed by atoms with Crippen LogP contribution in [0, 0.1) is 5.92 Å². The Bertz CT molecular complexity index is 2180. The number of ketones is 2. The molecule has 54 heavy (non-hydrogen) atoms. The van der Waals surface area contributed by atoms with Crippen LogP contribution in [0.2, 0.25) is 0 Å². The molecule has 7 rings (SSSR count). The number of carbonyl (C=O) groups excluding carboxylic acids is 2. The highest BCUT2D eigenvalue weighted by Gasteiger charge is 2.41. The summed E-state index contributed by atoms with van der Waals surface area (Å²) in [7, 11) is 0. The van der Waals surface area contributed by atoms with Crippen LogP contribution in [-0.2, 0) is 32.9 Å². The SMILES string of the molecule is CCC(=O)C(Cc1ccc(-c2ccccc2)c(-c2nnn(C(c3ccccc3)(c3ccccc3)c3ccccc3)n2)c1)C(=O)CCOCc1ccccc1. The summed E-state index contributed by atoms with van der Waals surface area (Å²) in [4.78, 5) is 28.6. The molecule has 1 aromatic heterocycles. The third-order valence-corrected chi connectivity index (χ3v) is 9.87. The van der Waals surface area contributed by atoms with Gasteiger partial charge >= 0.3 is 0 Å².